The van der Waals surface area contributed by atoms with Crippen LogP contribution >= 0.6 is 0 Å². The fourth-order valence-corrected chi connectivity index (χ4v) is 3.69. The van der Waals surface area contributed by atoms with Crippen molar-refractivity contribution in [2.45, 2.75) is 83.9 Å². The summed E-state index contributed by atoms with van der Waals surface area (Å²) in [6.07, 6.45) is 7.29. The first-order valence-electron chi connectivity index (χ1n) is 8.63. The molecule has 4 heteroatoms. The van der Waals surface area contributed by atoms with Crippen LogP contribution in [-0.2, 0) is 4.74 Å². The number of carbonyl (C=O) groups excluding carboxylic acids is 1. The smallest absolute Gasteiger partial charge is 0.410 e. The number of ether oxygens (including phenoxy) is 1. The molecular formula is C17H32N2O2. The first-order valence-corrected chi connectivity index (χ1v) is 8.63. The van der Waals surface area contributed by atoms with Crippen molar-refractivity contribution in [2.24, 2.45) is 5.92 Å². The Hall–Kier alpha value is -0.770. The van der Waals surface area contributed by atoms with E-state index in [9.17, 15) is 4.79 Å². The molecule has 0 aromatic carbocycles. The number of amides is 1. The number of hydrogen-bond acceptors (Lipinski definition) is 3. The lowest BCUT2D eigenvalue weighted by Crippen LogP contribution is -2.46. The molecule has 1 aliphatic heterocycles. The van der Waals surface area contributed by atoms with Gasteiger partial charge in [0.05, 0.1) is 0 Å². The van der Waals surface area contributed by atoms with Crippen LogP contribution in [0, 0.1) is 5.92 Å². The van der Waals surface area contributed by atoms with Crippen LogP contribution in [0.25, 0.3) is 0 Å². The lowest BCUT2D eigenvalue weighted by molar-refractivity contribution is 0.0224. The number of nitrogens with zero attached hydrogens (tertiary/aromatic N) is 1. The maximum Gasteiger partial charge on any atom is 0.410 e. The van der Waals surface area contributed by atoms with Crippen molar-refractivity contribution in [3.8, 4) is 0 Å². The van der Waals surface area contributed by atoms with Crippen LogP contribution < -0.4 is 5.32 Å². The first-order chi connectivity index (χ1) is 9.90. The minimum atomic E-state index is -0.406. The van der Waals surface area contributed by atoms with Gasteiger partial charge in [-0.15, -0.1) is 0 Å². The van der Waals surface area contributed by atoms with Gasteiger partial charge in [-0.05, 0) is 52.4 Å². The predicted molar refractivity (Wildman–Crippen MR) is 85.4 cm³/mol. The molecule has 0 bridgehead atoms. The molecule has 2 fully saturated rings. The Morgan fingerprint density at radius 2 is 2.00 bits per heavy atom. The van der Waals surface area contributed by atoms with Gasteiger partial charge in [0.25, 0.3) is 0 Å². The number of carbonyl (C=O) groups is 1. The summed E-state index contributed by atoms with van der Waals surface area (Å²) in [5.74, 6) is 0.821. The van der Waals surface area contributed by atoms with Crippen molar-refractivity contribution >= 4 is 6.09 Å². The molecule has 1 amide bonds. The standard InChI is InChI=1S/C17H32N2O2/c1-5-13-8-6-10-15(13)18-12-14-9-7-11-19(14)16(20)21-17(2,3)4/h13-15,18H,5-12H2,1-4H3. The van der Waals surface area contributed by atoms with E-state index in [4.69, 9.17) is 4.74 Å². The van der Waals surface area contributed by atoms with Crippen molar-refractivity contribution in [1.82, 2.24) is 10.2 Å². The zero-order chi connectivity index (χ0) is 15.5. The van der Waals surface area contributed by atoms with Gasteiger partial charge in [0, 0.05) is 25.2 Å². The van der Waals surface area contributed by atoms with E-state index in [-0.39, 0.29) is 6.09 Å². The van der Waals surface area contributed by atoms with Gasteiger partial charge in [0.15, 0.2) is 0 Å². The molecule has 122 valence electrons. The Labute approximate surface area is 129 Å². The summed E-state index contributed by atoms with van der Waals surface area (Å²) in [7, 11) is 0. The van der Waals surface area contributed by atoms with Gasteiger partial charge < -0.3 is 15.0 Å². The van der Waals surface area contributed by atoms with Gasteiger partial charge in [0.1, 0.15) is 5.60 Å². The highest BCUT2D eigenvalue weighted by atomic mass is 16.6. The van der Waals surface area contributed by atoms with Crippen LogP contribution in [0.1, 0.15) is 66.2 Å². The summed E-state index contributed by atoms with van der Waals surface area (Å²) < 4.78 is 5.53. The Balaban J connectivity index is 1.83. The zero-order valence-electron chi connectivity index (χ0n) is 14.2. The minimum absolute atomic E-state index is 0.148. The van der Waals surface area contributed by atoms with Crippen LogP contribution in [0.15, 0.2) is 0 Å². The van der Waals surface area contributed by atoms with E-state index in [2.05, 4.69) is 12.2 Å². The van der Waals surface area contributed by atoms with Crippen molar-refractivity contribution in [3.05, 3.63) is 0 Å². The molecule has 1 aliphatic carbocycles. The number of nitrogens with one attached hydrogen (secondary N) is 1. The lowest BCUT2D eigenvalue weighted by atomic mass is 10.0. The minimum Gasteiger partial charge on any atom is -0.444 e. The predicted octanol–water partition coefficient (Wildman–Crippen LogP) is 3.55. The fourth-order valence-electron chi connectivity index (χ4n) is 3.69. The van der Waals surface area contributed by atoms with E-state index in [0.717, 1.165) is 31.8 Å². The molecule has 3 unspecified atom stereocenters. The molecule has 1 saturated carbocycles. The van der Waals surface area contributed by atoms with Gasteiger partial charge >= 0.3 is 6.09 Å². The van der Waals surface area contributed by atoms with E-state index >= 15 is 0 Å². The quantitative estimate of drug-likeness (QED) is 0.862. The third-order valence-electron chi connectivity index (χ3n) is 4.80. The Kier molecular flexibility index (Phi) is 5.53. The molecule has 0 spiro atoms. The fraction of sp³-hybridized carbons (Fsp3) is 0.941. The Morgan fingerprint density at radius 3 is 2.67 bits per heavy atom. The summed E-state index contributed by atoms with van der Waals surface area (Å²) in [6.45, 7) is 9.83. The molecule has 1 saturated heterocycles. The number of rotatable bonds is 4. The van der Waals surface area contributed by atoms with Gasteiger partial charge in [0.2, 0.25) is 0 Å². The zero-order valence-corrected chi connectivity index (χ0v) is 14.2. The van der Waals surface area contributed by atoms with Gasteiger partial charge in [-0.2, -0.15) is 0 Å². The highest BCUT2D eigenvalue weighted by molar-refractivity contribution is 5.69. The molecule has 0 aromatic rings. The molecule has 0 aromatic heterocycles. The monoisotopic (exact) mass is 296 g/mol. The summed E-state index contributed by atoms with van der Waals surface area (Å²) in [5, 5.41) is 3.72. The van der Waals surface area contributed by atoms with Crippen molar-refractivity contribution in [2.75, 3.05) is 13.1 Å². The van der Waals surface area contributed by atoms with Crippen LogP contribution in [0.2, 0.25) is 0 Å². The summed E-state index contributed by atoms with van der Waals surface area (Å²) in [6, 6.07) is 0.953. The molecule has 21 heavy (non-hydrogen) atoms. The van der Waals surface area contributed by atoms with Crippen molar-refractivity contribution in [1.29, 1.82) is 0 Å². The maximum absolute atomic E-state index is 12.3. The van der Waals surface area contributed by atoms with Crippen LogP contribution in [0.4, 0.5) is 4.79 Å². The van der Waals surface area contributed by atoms with Gasteiger partial charge in [-0.1, -0.05) is 19.8 Å². The third-order valence-corrected chi connectivity index (χ3v) is 4.80. The highest BCUT2D eigenvalue weighted by Crippen LogP contribution is 2.28. The van der Waals surface area contributed by atoms with Gasteiger partial charge in [-0.25, -0.2) is 4.79 Å². The molecule has 2 aliphatic rings. The average molecular weight is 296 g/mol. The summed E-state index contributed by atoms with van der Waals surface area (Å²) >= 11 is 0. The van der Waals surface area contributed by atoms with E-state index < -0.39 is 5.60 Å². The average Bonchev–Trinajstić information content (AvgIpc) is 3.02. The second kappa shape index (κ2) is 6.99. The molecule has 1 N–H and O–H groups in total. The maximum atomic E-state index is 12.3. The van der Waals surface area contributed by atoms with E-state index in [1.807, 2.05) is 25.7 Å². The summed E-state index contributed by atoms with van der Waals surface area (Å²) in [5.41, 5.74) is -0.406. The lowest BCUT2D eigenvalue weighted by Gasteiger charge is -2.30. The molecule has 1 heterocycles. The number of hydrogen-bond donors (Lipinski definition) is 1. The number of likely N-dealkylation sites (tertiary alicyclic amines) is 1. The van der Waals surface area contributed by atoms with Crippen LogP contribution in [0.5, 0.6) is 0 Å². The normalized spacial score (nSPS) is 29.9. The van der Waals surface area contributed by atoms with E-state index in [0.29, 0.717) is 12.1 Å². The second-order valence-corrected chi connectivity index (χ2v) is 7.58. The van der Waals surface area contributed by atoms with Crippen molar-refractivity contribution < 1.29 is 9.53 Å². The Morgan fingerprint density at radius 1 is 1.24 bits per heavy atom. The highest BCUT2D eigenvalue weighted by Gasteiger charge is 2.33. The molecule has 0 radical (unpaired) electrons. The SMILES string of the molecule is CCC1CCCC1NCC1CCCN1C(=O)OC(C)(C)C. The third kappa shape index (κ3) is 4.60. The van der Waals surface area contributed by atoms with Gasteiger partial charge in [-0.3, -0.25) is 0 Å². The van der Waals surface area contributed by atoms with Crippen molar-refractivity contribution in [3.63, 3.8) is 0 Å². The van der Waals surface area contributed by atoms with E-state index in [1.54, 1.807) is 0 Å². The second-order valence-electron chi connectivity index (χ2n) is 7.58. The molecule has 3 atom stereocenters. The largest absolute Gasteiger partial charge is 0.444 e. The van der Waals surface area contributed by atoms with Crippen LogP contribution in [0.3, 0.4) is 0 Å². The first kappa shape index (κ1) is 16.6. The molecule has 4 nitrogen and oxygen atoms in total. The van der Waals surface area contributed by atoms with Crippen LogP contribution in [-0.4, -0.2) is 41.8 Å². The Bertz CT molecular complexity index is 351. The molecule has 2 rings (SSSR count). The van der Waals surface area contributed by atoms with E-state index in [1.165, 1.54) is 25.7 Å². The topological polar surface area (TPSA) is 41.6 Å². The summed E-state index contributed by atoms with van der Waals surface area (Å²) in [4.78, 5) is 14.2. The molecular weight excluding hydrogens is 264 g/mol.